The first-order valence-electron chi connectivity index (χ1n) is 12.5. The molecule has 2 N–H and O–H groups in total. The lowest BCUT2D eigenvalue weighted by atomic mass is 9.69. The van der Waals surface area contributed by atoms with Gasteiger partial charge in [0, 0.05) is 17.2 Å². The third kappa shape index (κ3) is 3.21. The first-order chi connectivity index (χ1) is 18.5. The van der Waals surface area contributed by atoms with Crippen LogP contribution in [0.5, 0.6) is 11.5 Å². The first-order valence-corrected chi connectivity index (χ1v) is 12.5. The molecular formula is C30H25N3O6. The van der Waals surface area contributed by atoms with Gasteiger partial charge in [-0.05, 0) is 62.9 Å². The first kappa shape index (κ1) is 24.5. The number of fused-ring (bicyclic) bond motifs is 3. The number of carbonyl (C=O) groups is 2. The number of benzene rings is 2. The zero-order valence-electron chi connectivity index (χ0n) is 21.8. The van der Waals surface area contributed by atoms with Crippen molar-refractivity contribution in [1.29, 1.82) is 5.26 Å². The standard InChI is InChI=1S/C30H25N3O6/c1-15-13-29(3,4)33-24-19(15)11-18(38-26(34)17-8-6-5-7-9-17)12-20(24)30(28(33)36)21(14-31)25(32)39-22-10-16(2)37-27(35)23(22)30/h5-12,15H,13,32H2,1-4H3. The second-order valence-corrected chi connectivity index (χ2v) is 10.8. The van der Waals surface area contributed by atoms with Crippen molar-refractivity contribution in [1.82, 2.24) is 0 Å². The lowest BCUT2D eigenvalue weighted by Crippen LogP contribution is -2.55. The number of esters is 1. The van der Waals surface area contributed by atoms with Crippen molar-refractivity contribution in [3.63, 3.8) is 0 Å². The smallest absolute Gasteiger partial charge is 0.344 e. The Kier molecular flexibility index (Phi) is 5.07. The molecule has 3 aromatic rings. The number of aryl methyl sites for hydroxylation is 1. The van der Waals surface area contributed by atoms with Gasteiger partial charge in [0.15, 0.2) is 5.41 Å². The monoisotopic (exact) mass is 523 g/mol. The van der Waals surface area contributed by atoms with Crippen molar-refractivity contribution in [2.24, 2.45) is 5.73 Å². The zero-order valence-corrected chi connectivity index (χ0v) is 21.8. The molecule has 2 aromatic carbocycles. The van der Waals surface area contributed by atoms with Gasteiger partial charge in [-0.1, -0.05) is 25.1 Å². The summed E-state index contributed by atoms with van der Waals surface area (Å²) >= 11 is 0. The fraction of sp³-hybridized carbons (Fsp3) is 0.267. The molecule has 6 rings (SSSR count). The Morgan fingerprint density at radius 3 is 2.59 bits per heavy atom. The number of ether oxygens (including phenoxy) is 2. The van der Waals surface area contributed by atoms with Crippen LogP contribution in [-0.4, -0.2) is 17.4 Å². The van der Waals surface area contributed by atoms with Crippen LogP contribution in [0.25, 0.3) is 0 Å². The average Bonchev–Trinajstić information content (AvgIpc) is 3.12. The van der Waals surface area contributed by atoms with Gasteiger partial charge in [-0.25, -0.2) is 9.59 Å². The molecule has 0 saturated heterocycles. The largest absolute Gasteiger partial charge is 0.440 e. The predicted molar refractivity (Wildman–Crippen MR) is 140 cm³/mol. The lowest BCUT2D eigenvalue weighted by molar-refractivity contribution is -0.122. The molecule has 0 bridgehead atoms. The zero-order chi connectivity index (χ0) is 27.9. The van der Waals surface area contributed by atoms with Gasteiger partial charge in [0.1, 0.15) is 34.5 Å². The number of nitriles is 1. The van der Waals surface area contributed by atoms with Crippen molar-refractivity contribution >= 4 is 17.6 Å². The Morgan fingerprint density at radius 2 is 1.90 bits per heavy atom. The maximum Gasteiger partial charge on any atom is 0.344 e. The Labute approximate surface area is 224 Å². The van der Waals surface area contributed by atoms with Crippen LogP contribution in [-0.2, 0) is 10.2 Å². The minimum Gasteiger partial charge on any atom is -0.440 e. The van der Waals surface area contributed by atoms with E-state index in [1.807, 2.05) is 26.8 Å². The summed E-state index contributed by atoms with van der Waals surface area (Å²) in [7, 11) is 0. The van der Waals surface area contributed by atoms with Gasteiger partial charge in [0.05, 0.1) is 11.3 Å². The van der Waals surface area contributed by atoms with E-state index in [0.717, 1.165) is 5.56 Å². The number of nitrogens with two attached hydrogens (primary N) is 1. The number of amides is 1. The van der Waals surface area contributed by atoms with Gasteiger partial charge < -0.3 is 24.5 Å². The van der Waals surface area contributed by atoms with E-state index in [9.17, 15) is 19.6 Å². The maximum atomic E-state index is 14.7. The Bertz CT molecular complexity index is 1730. The summed E-state index contributed by atoms with van der Waals surface area (Å²) in [6.07, 6.45) is 0.588. The Morgan fingerprint density at radius 1 is 1.18 bits per heavy atom. The van der Waals surface area contributed by atoms with Gasteiger partial charge in [-0.2, -0.15) is 5.26 Å². The van der Waals surface area contributed by atoms with Gasteiger partial charge >= 0.3 is 11.6 Å². The number of carbonyl (C=O) groups excluding carboxylic acids is 2. The van der Waals surface area contributed by atoms with Gasteiger partial charge in [0.2, 0.25) is 11.8 Å². The van der Waals surface area contributed by atoms with Gasteiger partial charge in [-0.3, -0.25) is 4.79 Å². The average molecular weight is 524 g/mol. The van der Waals surface area contributed by atoms with E-state index in [1.165, 1.54) is 6.07 Å². The van der Waals surface area contributed by atoms with Gasteiger partial charge in [0.25, 0.3) is 0 Å². The van der Waals surface area contributed by atoms with Crippen molar-refractivity contribution in [2.45, 2.75) is 51.0 Å². The minimum atomic E-state index is -1.94. The molecule has 196 valence electrons. The van der Waals surface area contributed by atoms with E-state index in [0.29, 0.717) is 23.2 Å². The van der Waals surface area contributed by atoms with Crippen LogP contribution >= 0.6 is 0 Å². The maximum absolute atomic E-state index is 14.7. The molecular weight excluding hydrogens is 498 g/mol. The highest BCUT2D eigenvalue weighted by Gasteiger charge is 2.64. The lowest BCUT2D eigenvalue weighted by Gasteiger charge is -2.44. The molecule has 3 aliphatic heterocycles. The second kappa shape index (κ2) is 8.08. The highest BCUT2D eigenvalue weighted by atomic mass is 16.5. The number of anilines is 1. The van der Waals surface area contributed by atoms with E-state index in [2.05, 4.69) is 0 Å². The quantitative estimate of drug-likeness (QED) is 0.390. The molecule has 9 heteroatoms. The fourth-order valence-electron chi connectivity index (χ4n) is 6.36. The van der Waals surface area contributed by atoms with Crippen LogP contribution in [0.1, 0.15) is 65.9 Å². The molecule has 1 amide bonds. The summed E-state index contributed by atoms with van der Waals surface area (Å²) < 4.78 is 16.9. The van der Waals surface area contributed by atoms with Crippen LogP contribution in [0.3, 0.4) is 0 Å². The summed E-state index contributed by atoms with van der Waals surface area (Å²) in [5.41, 5.74) is 4.48. The van der Waals surface area contributed by atoms with Crippen LogP contribution in [0.4, 0.5) is 5.69 Å². The molecule has 1 spiro atoms. The Hall–Kier alpha value is -4.84. The van der Waals surface area contributed by atoms with E-state index in [1.54, 1.807) is 54.3 Å². The van der Waals surface area contributed by atoms with E-state index in [-0.39, 0.29) is 40.2 Å². The predicted octanol–water partition coefficient (Wildman–Crippen LogP) is 4.17. The number of hydrogen-bond donors (Lipinski definition) is 1. The van der Waals surface area contributed by atoms with Crippen molar-refractivity contribution < 1.29 is 23.5 Å². The molecule has 0 radical (unpaired) electrons. The molecule has 0 aliphatic carbocycles. The topological polar surface area (TPSA) is 136 Å². The number of hydrogen-bond acceptors (Lipinski definition) is 8. The van der Waals surface area contributed by atoms with E-state index >= 15 is 0 Å². The fourth-order valence-corrected chi connectivity index (χ4v) is 6.36. The third-order valence-corrected chi connectivity index (χ3v) is 7.79. The van der Waals surface area contributed by atoms with Crippen LogP contribution in [0.2, 0.25) is 0 Å². The minimum absolute atomic E-state index is 0.0380. The van der Waals surface area contributed by atoms with Crippen molar-refractivity contribution in [3.05, 3.63) is 98.4 Å². The van der Waals surface area contributed by atoms with Crippen LogP contribution in [0, 0.1) is 18.3 Å². The van der Waals surface area contributed by atoms with Crippen molar-refractivity contribution in [3.8, 4) is 17.6 Å². The SMILES string of the molecule is Cc1cc2c(c(=O)o1)C1(C(=O)N3c4c(cc(OC(=O)c5ccccc5)cc41)C(C)CC3(C)C)C(C#N)=C(N)O2. The van der Waals surface area contributed by atoms with Gasteiger partial charge in [-0.15, -0.1) is 0 Å². The highest BCUT2D eigenvalue weighted by molar-refractivity contribution is 6.16. The summed E-state index contributed by atoms with van der Waals surface area (Å²) in [6, 6.07) is 15.3. The van der Waals surface area contributed by atoms with E-state index in [4.69, 9.17) is 19.6 Å². The summed E-state index contributed by atoms with van der Waals surface area (Å²) in [5, 5.41) is 10.3. The molecule has 9 nitrogen and oxygen atoms in total. The summed E-state index contributed by atoms with van der Waals surface area (Å²) in [4.78, 5) is 42.8. The molecule has 3 aliphatic rings. The summed E-state index contributed by atoms with van der Waals surface area (Å²) in [5.74, 6) is -0.937. The van der Waals surface area contributed by atoms with Crippen molar-refractivity contribution in [2.75, 3.05) is 4.90 Å². The molecule has 2 unspecified atom stereocenters. The number of rotatable bonds is 2. The van der Waals surface area contributed by atoms with Crippen LogP contribution in [0.15, 0.2) is 69.2 Å². The normalized spacial score (nSPS) is 22.2. The molecule has 2 atom stereocenters. The molecule has 4 heterocycles. The Balaban J connectivity index is 1.70. The van der Waals surface area contributed by atoms with Crippen LogP contribution < -0.4 is 25.7 Å². The molecule has 0 fully saturated rings. The molecule has 0 saturated carbocycles. The summed E-state index contributed by atoms with van der Waals surface area (Å²) in [6.45, 7) is 7.48. The number of nitrogens with zero attached hydrogens (tertiary/aromatic N) is 2. The highest BCUT2D eigenvalue weighted by Crippen LogP contribution is 2.61. The second-order valence-electron chi connectivity index (χ2n) is 10.8. The van der Waals surface area contributed by atoms with E-state index < -0.39 is 28.5 Å². The molecule has 1 aromatic heterocycles. The molecule has 39 heavy (non-hydrogen) atoms. The third-order valence-electron chi connectivity index (χ3n) is 7.79.